The summed E-state index contributed by atoms with van der Waals surface area (Å²) in [5.41, 5.74) is 6.26. The first-order chi connectivity index (χ1) is 9.38. The number of halogens is 2. The third-order valence-electron chi connectivity index (χ3n) is 2.68. The predicted octanol–water partition coefficient (Wildman–Crippen LogP) is 3.36. The fraction of sp³-hybridized carbons (Fsp3) is 0.231. The van der Waals surface area contributed by atoms with Gasteiger partial charge < -0.3 is 15.5 Å². The smallest absolute Gasteiger partial charge is 0.252 e. The maximum Gasteiger partial charge on any atom is 0.252 e. The number of carbonyl (C=O) groups is 1. The Morgan fingerprint density at radius 3 is 2.70 bits per heavy atom. The monoisotopic (exact) mass is 313 g/mol. The molecule has 0 aliphatic carbocycles. The van der Waals surface area contributed by atoms with E-state index in [0.717, 1.165) is 0 Å². The standard InChI is InChI=1S/C13H13Cl2N3O2/c1-6-5-17-13(20-6)7(2)18-12(19)8-3-9(14)11(15)10(16)4-8/h3-5,7H,16H2,1-2H3,(H,18,19). The third-order valence-corrected chi connectivity index (χ3v) is 3.49. The molecule has 0 aliphatic rings. The lowest BCUT2D eigenvalue weighted by molar-refractivity contribution is 0.0934. The fourth-order valence-electron chi connectivity index (χ4n) is 1.66. The van der Waals surface area contributed by atoms with E-state index < -0.39 is 0 Å². The van der Waals surface area contributed by atoms with Crippen molar-refractivity contribution in [1.82, 2.24) is 10.3 Å². The van der Waals surface area contributed by atoms with Crippen molar-refractivity contribution in [3.8, 4) is 0 Å². The zero-order valence-corrected chi connectivity index (χ0v) is 12.4. The zero-order chi connectivity index (χ0) is 14.9. The molecule has 0 radical (unpaired) electrons. The molecule has 0 bridgehead atoms. The van der Waals surface area contributed by atoms with E-state index >= 15 is 0 Å². The van der Waals surface area contributed by atoms with E-state index in [9.17, 15) is 4.79 Å². The minimum Gasteiger partial charge on any atom is -0.444 e. The van der Waals surface area contributed by atoms with Gasteiger partial charge in [0.15, 0.2) is 0 Å². The molecular weight excluding hydrogens is 301 g/mol. The minimum absolute atomic E-state index is 0.233. The molecule has 1 aromatic heterocycles. The van der Waals surface area contributed by atoms with Crippen LogP contribution in [0.1, 0.15) is 35.0 Å². The molecule has 0 aliphatic heterocycles. The van der Waals surface area contributed by atoms with E-state index in [0.29, 0.717) is 17.2 Å². The van der Waals surface area contributed by atoms with Gasteiger partial charge in [0.05, 0.1) is 21.9 Å². The molecule has 7 heteroatoms. The number of nitrogens with two attached hydrogens (primary N) is 1. The van der Waals surface area contributed by atoms with E-state index in [1.54, 1.807) is 20.0 Å². The molecule has 1 aromatic carbocycles. The van der Waals surface area contributed by atoms with Crippen LogP contribution in [0.2, 0.25) is 10.0 Å². The summed E-state index contributed by atoms with van der Waals surface area (Å²) >= 11 is 11.7. The topological polar surface area (TPSA) is 81.2 Å². The fourth-order valence-corrected chi connectivity index (χ4v) is 1.99. The quantitative estimate of drug-likeness (QED) is 0.851. The highest BCUT2D eigenvalue weighted by Crippen LogP contribution is 2.29. The normalized spacial score (nSPS) is 12.2. The van der Waals surface area contributed by atoms with Crippen molar-refractivity contribution in [3.05, 3.63) is 45.6 Å². The lowest BCUT2D eigenvalue weighted by Crippen LogP contribution is -2.27. The number of aryl methyl sites for hydroxylation is 1. The molecule has 1 unspecified atom stereocenters. The number of oxazole rings is 1. The molecular formula is C13H13Cl2N3O2. The van der Waals surface area contributed by atoms with E-state index in [2.05, 4.69) is 10.3 Å². The Bertz CT molecular complexity index is 632. The molecule has 1 heterocycles. The van der Waals surface area contributed by atoms with Crippen LogP contribution in [0, 0.1) is 6.92 Å². The number of nitrogens with one attached hydrogen (secondary N) is 1. The average Bonchev–Trinajstić information content (AvgIpc) is 2.82. The average molecular weight is 314 g/mol. The van der Waals surface area contributed by atoms with Crippen molar-refractivity contribution in [3.63, 3.8) is 0 Å². The Kier molecular flexibility index (Phi) is 4.20. The number of aromatic nitrogens is 1. The van der Waals surface area contributed by atoms with Gasteiger partial charge in [-0.3, -0.25) is 4.79 Å². The van der Waals surface area contributed by atoms with Crippen LogP contribution in [-0.4, -0.2) is 10.9 Å². The van der Waals surface area contributed by atoms with Crippen LogP contribution in [-0.2, 0) is 0 Å². The Labute approximate surface area is 126 Å². The lowest BCUT2D eigenvalue weighted by atomic mass is 10.1. The number of benzene rings is 1. The number of nitrogens with zero attached hydrogens (tertiary/aromatic N) is 1. The predicted molar refractivity (Wildman–Crippen MR) is 78.0 cm³/mol. The number of hydrogen-bond donors (Lipinski definition) is 2. The Morgan fingerprint density at radius 2 is 2.15 bits per heavy atom. The van der Waals surface area contributed by atoms with Gasteiger partial charge in [0.25, 0.3) is 5.91 Å². The molecule has 0 saturated heterocycles. The second-order valence-electron chi connectivity index (χ2n) is 4.37. The highest BCUT2D eigenvalue weighted by molar-refractivity contribution is 6.43. The molecule has 106 valence electrons. The molecule has 3 N–H and O–H groups in total. The molecule has 1 atom stereocenters. The summed E-state index contributed by atoms with van der Waals surface area (Å²) in [4.78, 5) is 16.2. The molecule has 0 saturated carbocycles. The number of hydrogen-bond acceptors (Lipinski definition) is 4. The molecule has 20 heavy (non-hydrogen) atoms. The summed E-state index contributed by atoms with van der Waals surface area (Å²) in [5.74, 6) is 0.780. The number of carbonyl (C=O) groups excluding carboxylic acids is 1. The van der Waals surface area contributed by atoms with Gasteiger partial charge in [0.1, 0.15) is 11.8 Å². The molecule has 0 fully saturated rings. The van der Waals surface area contributed by atoms with Crippen LogP contribution in [0.15, 0.2) is 22.7 Å². The number of anilines is 1. The summed E-state index contributed by atoms with van der Waals surface area (Å²) in [5, 5.41) is 3.22. The number of amides is 1. The summed E-state index contributed by atoms with van der Waals surface area (Å²) in [7, 11) is 0. The van der Waals surface area contributed by atoms with Gasteiger partial charge in [-0.2, -0.15) is 0 Å². The van der Waals surface area contributed by atoms with Gasteiger partial charge in [-0.25, -0.2) is 4.98 Å². The van der Waals surface area contributed by atoms with Gasteiger partial charge in [-0.05, 0) is 26.0 Å². The van der Waals surface area contributed by atoms with Gasteiger partial charge in [0.2, 0.25) is 5.89 Å². The summed E-state index contributed by atoms with van der Waals surface area (Å²) in [6, 6.07) is 2.56. The Morgan fingerprint density at radius 1 is 1.45 bits per heavy atom. The first-order valence-electron chi connectivity index (χ1n) is 5.86. The van der Waals surface area contributed by atoms with Crippen molar-refractivity contribution in [2.24, 2.45) is 0 Å². The highest BCUT2D eigenvalue weighted by Gasteiger charge is 2.17. The number of rotatable bonds is 3. The van der Waals surface area contributed by atoms with Crippen LogP contribution in [0.3, 0.4) is 0 Å². The lowest BCUT2D eigenvalue weighted by Gasteiger charge is -2.11. The Hall–Kier alpha value is -1.72. The highest BCUT2D eigenvalue weighted by atomic mass is 35.5. The van der Waals surface area contributed by atoms with Crippen molar-refractivity contribution in [2.45, 2.75) is 19.9 Å². The second-order valence-corrected chi connectivity index (χ2v) is 5.15. The second kappa shape index (κ2) is 5.73. The SMILES string of the molecule is Cc1cnc(C(C)NC(=O)c2cc(N)c(Cl)c(Cl)c2)o1. The van der Waals surface area contributed by atoms with E-state index in [1.807, 2.05) is 0 Å². The third kappa shape index (κ3) is 3.05. The van der Waals surface area contributed by atoms with Crippen LogP contribution in [0.4, 0.5) is 5.69 Å². The van der Waals surface area contributed by atoms with Crippen molar-refractivity contribution >= 4 is 34.8 Å². The van der Waals surface area contributed by atoms with Crippen molar-refractivity contribution in [2.75, 3.05) is 5.73 Å². The molecule has 5 nitrogen and oxygen atoms in total. The van der Waals surface area contributed by atoms with E-state index in [1.165, 1.54) is 12.1 Å². The van der Waals surface area contributed by atoms with E-state index in [4.69, 9.17) is 33.4 Å². The van der Waals surface area contributed by atoms with Crippen molar-refractivity contribution in [1.29, 1.82) is 0 Å². The minimum atomic E-state index is -0.369. The Balaban J connectivity index is 2.16. The van der Waals surface area contributed by atoms with Gasteiger partial charge in [0, 0.05) is 5.56 Å². The van der Waals surface area contributed by atoms with Gasteiger partial charge >= 0.3 is 0 Å². The maximum atomic E-state index is 12.1. The van der Waals surface area contributed by atoms with Crippen LogP contribution in [0.5, 0.6) is 0 Å². The maximum absolute atomic E-state index is 12.1. The van der Waals surface area contributed by atoms with Crippen LogP contribution < -0.4 is 11.1 Å². The molecule has 1 amide bonds. The largest absolute Gasteiger partial charge is 0.444 e. The summed E-state index contributed by atoms with van der Waals surface area (Å²) < 4.78 is 5.35. The van der Waals surface area contributed by atoms with Crippen molar-refractivity contribution < 1.29 is 9.21 Å². The first kappa shape index (κ1) is 14.7. The van der Waals surface area contributed by atoms with Gasteiger partial charge in [-0.15, -0.1) is 0 Å². The zero-order valence-electron chi connectivity index (χ0n) is 10.9. The van der Waals surface area contributed by atoms with Crippen LogP contribution in [0.25, 0.3) is 0 Å². The first-order valence-corrected chi connectivity index (χ1v) is 6.61. The van der Waals surface area contributed by atoms with Crippen LogP contribution >= 0.6 is 23.2 Å². The molecule has 2 aromatic rings. The molecule has 0 spiro atoms. The molecule has 2 rings (SSSR count). The van der Waals surface area contributed by atoms with Gasteiger partial charge in [-0.1, -0.05) is 23.2 Å². The van der Waals surface area contributed by atoms with E-state index in [-0.39, 0.29) is 27.7 Å². The summed E-state index contributed by atoms with van der Waals surface area (Å²) in [6.07, 6.45) is 1.59. The summed E-state index contributed by atoms with van der Waals surface area (Å²) in [6.45, 7) is 3.55. The number of nitrogen functional groups attached to an aromatic ring is 1.